The van der Waals surface area contributed by atoms with Gasteiger partial charge >= 0.3 is 0 Å². The average Bonchev–Trinajstić information content (AvgIpc) is 0.755. The smallest absolute Gasteiger partial charge is 0.0540 e. The van der Waals surface area contributed by atoms with Gasteiger partial charge < -0.3 is 14.7 Å². The summed E-state index contributed by atoms with van der Waals surface area (Å²) in [6.07, 6.45) is 0. The van der Waals surface area contributed by atoms with Gasteiger partial charge in [0.1, 0.15) is 0 Å². The Morgan fingerprint density at radius 2 is 0.311 bits per heavy atom. The van der Waals surface area contributed by atoms with Crippen molar-refractivity contribution in [1.82, 2.24) is 0 Å². The van der Waals surface area contributed by atoms with Gasteiger partial charge in [-0.2, -0.15) is 0 Å². The summed E-state index contributed by atoms with van der Waals surface area (Å²) in [6, 6.07) is 203. The number of para-hydroxylation sites is 1. The van der Waals surface area contributed by atoms with Gasteiger partial charge in [0.25, 0.3) is 0 Å². The predicted octanol–water partition coefficient (Wildman–Crippen LogP) is 37.4. The minimum absolute atomic E-state index is 1.12. The summed E-state index contributed by atoms with van der Waals surface area (Å²) in [5.74, 6) is 0. The Morgan fingerprint density at radius 1 is 0.0963 bits per heavy atom. The molecule has 0 aromatic heterocycles. The fraction of sp³-hybridized carbons (Fsp3) is 0. The summed E-state index contributed by atoms with van der Waals surface area (Å²) in [7, 11) is 0. The number of hydrogen-bond acceptors (Lipinski definition) is 3. The van der Waals surface area contributed by atoms with Gasteiger partial charge in [-0.25, -0.2) is 0 Å². The lowest BCUT2D eigenvalue weighted by Crippen LogP contribution is -2.10. The van der Waals surface area contributed by atoms with E-state index in [1.54, 1.807) is 0 Å². The van der Waals surface area contributed by atoms with Crippen molar-refractivity contribution in [2.24, 2.45) is 0 Å². The quantitative estimate of drug-likeness (QED) is 0.0848. The third kappa shape index (κ3) is 17.6. The zero-order valence-corrected chi connectivity index (χ0v) is 74.5. The number of rotatable bonds is 18. The molecule has 0 N–H and O–H groups in total. The fourth-order valence-electron chi connectivity index (χ4n) is 19.1. The zero-order chi connectivity index (χ0) is 90.0. The first kappa shape index (κ1) is 82.9. The molecule has 0 radical (unpaired) electrons. The molecule has 24 rings (SSSR count). The highest BCUT2D eigenvalue weighted by atomic mass is 15.2. The van der Waals surface area contributed by atoms with E-state index in [2.05, 4.69) is 579 Å². The molecule has 24 aromatic rings. The van der Waals surface area contributed by atoms with Gasteiger partial charge in [-0.15, -0.1) is 0 Å². The molecule has 0 spiro atoms. The van der Waals surface area contributed by atoms with Crippen molar-refractivity contribution in [3.8, 4) is 100 Å². The maximum absolute atomic E-state index is 2.39. The Kier molecular flexibility index (Phi) is 23.4. The van der Waals surface area contributed by atoms with Crippen molar-refractivity contribution in [3.63, 3.8) is 0 Å². The summed E-state index contributed by atoms with van der Waals surface area (Å²) >= 11 is 0. The molecule has 0 aliphatic rings. The molecule has 135 heavy (non-hydrogen) atoms. The van der Waals surface area contributed by atoms with Crippen molar-refractivity contribution in [1.29, 1.82) is 0 Å². The lowest BCUT2D eigenvalue weighted by atomic mass is 9.93. The molecule has 0 atom stereocenters. The van der Waals surface area contributed by atoms with Crippen LogP contribution >= 0.6 is 0 Å². The Hall–Kier alpha value is -17.8. The summed E-state index contributed by atoms with van der Waals surface area (Å²) in [5.41, 5.74) is 32.1. The number of anilines is 9. The summed E-state index contributed by atoms with van der Waals surface area (Å²) in [5, 5.41) is 14.9. The maximum atomic E-state index is 2.39. The van der Waals surface area contributed by atoms with Crippen molar-refractivity contribution in [2.75, 3.05) is 14.7 Å². The molecule has 0 saturated carbocycles. The highest BCUT2D eigenvalue weighted by molar-refractivity contribution is 6.12. The third-order valence-electron chi connectivity index (χ3n) is 26.0. The second kappa shape index (κ2) is 38.1. The monoisotopic (exact) mass is 1720 g/mol. The minimum Gasteiger partial charge on any atom is -0.311 e. The van der Waals surface area contributed by atoms with Crippen LogP contribution in [0.25, 0.3) is 165 Å². The Morgan fingerprint density at radius 3 is 0.681 bits per heavy atom. The number of fused-ring (bicyclic) bond motifs is 6. The Bertz CT molecular complexity index is 8080. The molecular formula is C132H93N3. The fourth-order valence-corrected chi connectivity index (χ4v) is 19.1. The molecule has 0 heterocycles. The second-order valence-corrected chi connectivity index (χ2v) is 34.2. The van der Waals surface area contributed by atoms with E-state index < -0.39 is 0 Å². The van der Waals surface area contributed by atoms with Crippen LogP contribution in [0.2, 0.25) is 0 Å². The standard InChI is InChI=1S/3C44H31N/c1-3-12-32(13-4-1)34-22-26-37(27-23-34)45(38-28-24-35(25-29-38)33-14-5-2-6-15-33)44-31-30-42(41-19-9-10-20-43(41)44)40-21-11-17-36-16-7-8-18-39(36)40;1-3-11-32(12-4-1)35-21-25-39(26-22-35)45(40-27-23-36(24-28-40)33-13-5-2-6-14-33)44-30-29-41(42-17-9-10-18-43(42)44)38-20-19-34-15-7-8-16-37(34)31-38;1-3-9-32(10-4-1)34-21-25-43(26-22-34)45(42-13-5-2-6-14-42)44-27-23-35(24-28-44)37-17-18-40-31-41(20-19-39(40)30-37)38-16-15-33-11-7-8-12-36(33)29-38/h3*1-31H. The van der Waals surface area contributed by atoms with E-state index in [0.717, 1.165) is 51.2 Å². The van der Waals surface area contributed by atoms with E-state index in [9.17, 15) is 0 Å². The van der Waals surface area contributed by atoms with Crippen LogP contribution in [0.1, 0.15) is 0 Å². The normalized spacial score (nSPS) is 11.1. The SMILES string of the molecule is c1ccc(-c2ccc(N(c3ccc(-c4ccccc4)cc3)c3ccc(-c4ccc5ccccc5c4)c4ccccc34)cc2)cc1.c1ccc(-c2ccc(N(c3ccc(-c4ccccc4)cc3)c3ccc(-c4cccc5ccccc45)c4ccccc34)cc2)cc1.c1ccc(-c2ccc(N(c3ccccc3)c3ccc(-c4ccc5cc(-c6ccc7ccccc7c6)ccc5c4)cc3)cc2)cc1. The van der Waals surface area contributed by atoms with Gasteiger partial charge in [0, 0.05) is 50.6 Å². The van der Waals surface area contributed by atoms with Crippen molar-refractivity contribution in [3.05, 3.63) is 564 Å². The van der Waals surface area contributed by atoms with E-state index in [1.165, 1.54) is 165 Å². The first-order valence-electron chi connectivity index (χ1n) is 46.3. The summed E-state index contributed by atoms with van der Waals surface area (Å²) in [4.78, 5) is 7.09. The molecule has 0 aliphatic carbocycles. The van der Waals surface area contributed by atoms with Gasteiger partial charge in [-0.1, -0.05) is 443 Å². The number of nitrogens with zero attached hydrogens (tertiary/aromatic N) is 3. The highest BCUT2D eigenvalue weighted by Gasteiger charge is 2.23. The van der Waals surface area contributed by atoms with Gasteiger partial charge in [0.05, 0.1) is 11.4 Å². The minimum atomic E-state index is 1.12. The van der Waals surface area contributed by atoms with Gasteiger partial charge in [0.2, 0.25) is 0 Å². The maximum Gasteiger partial charge on any atom is 0.0540 e. The van der Waals surface area contributed by atoms with Gasteiger partial charge in [0.15, 0.2) is 0 Å². The van der Waals surface area contributed by atoms with Gasteiger partial charge in [-0.05, 0) is 275 Å². The molecule has 3 nitrogen and oxygen atoms in total. The molecule has 636 valence electrons. The molecular weight excluding hydrogens is 1630 g/mol. The average molecular weight is 1720 g/mol. The van der Waals surface area contributed by atoms with Crippen LogP contribution in [0.5, 0.6) is 0 Å². The van der Waals surface area contributed by atoms with Crippen molar-refractivity contribution < 1.29 is 0 Å². The molecule has 0 fully saturated rings. The summed E-state index contributed by atoms with van der Waals surface area (Å²) < 4.78 is 0. The van der Waals surface area contributed by atoms with E-state index in [1.807, 2.05) is 0 Å². The third-order valence-corrected chi connectivity index (χ3v) is 26.0. The lowest BCUT2D eigenvalue weighted by Gasteiger charge is -2.28. The predicted molar refractivity (Wildman–Crippen MR) is 577 cm³/mol. The van der Waals surface area contributed by atoms with Crippen molar-refractivity contribution in [2.45, 2.75) is 0 Å². The van der Waals surface area contributed by atoms with E-state index in [-0.39, 0.29) is 0 Å². The zero-order valence-electron chi connectivity index (χ0n) is 74.5. The first-order chi connectivity index (χ1) is 66.9. The van der Waals surface area contributed by atoms with Crippen LogP contribution in [0, 0.1) is 0 Å². The van der Waals surface area contributed by atoms with Crippen LogP contribution < -0.4 is 14.7 Å². The largest absolute Gasteiger partial charge is 0.311 e. The molecule has 0 bridgehead atoms. The van der Waals surface area contributed by atoms with Crippen LogP contribution in [0.4, 0.5) is 51.2 Å². The van der Waals surface area contributed by atoms with E-state index >= 15 is 0 Å². The second-order valence-electron chi connectivity index (χ2n) is 34.2. The highest BCUT2D eigenvalue weighted by Crippen LogP contribution is 2.48. The van der Waals surface area contributed by atoms with Crippen LogP contribution in [-0.2, 0) is 0 Å². The number of benzene rings is 24. The molecule has 3 heteroatoms. The topological polar surface area (TPSA) is 9.72 Å². The molecule has 0 saturated heterocycles. The molecule has 0 aliphatic heterocycles. The molecule has 0 unspecified atom stereocenters. The van der Waals surface area contributed by atoms with E-state index in [4.69, 9.17) is 0 Å². The first-order valence-corrected chi connectivity index (χ1v) is 46.3. The van der Waals surface area contributed by atoms with Crippen LogP contribution in [0.15, 0.2) is 564 Å². The Balaban J connectivity index is 0.000000118. The van der Waals surface area contributed by atoms with Crippen molar-refractivity contribution >= 4 is 116 Å². The van der Waals surface area contributed by atoms with Crippen LogP contribution in [-0.4, -0.2) is 0 Å². The Labute approximate surface area is 789 Å². The van der Waals surface area contributed by atoms with Crippen LogP contribution in [0.3, 0.4) is 0 Å². The van der Waals surface area contributed by atoms with E-state index in [0.29, 0.717) is 0 Å². The summed E-state index contributed by atoms with van der Waals surface area (Å²) in [6.45, 7) is 0. The molecule has 0 amide bonds. The lowest BCUT2D eigenvalue weighted by molar-refractivity contribution is 1.28. The van der Waals surface area contributed by atoms with Gasteiger partial charge in [-0.3, -0.25) is 0 Å². The number of hydrogen-bond donors (Lipinski definition) is 0. The molecule has 24 aromatic carbocycles.